The molecule has 0 N–H and O–H groups in total. The Morgan fingerprint density at radius 2 is 1.67 bits per heavy atom. The number of rotatable bonds is 4. The van der Waals surface area contributed by atoms with Crippen LogP contribution in [-0.2, 0) is 10.1 Å². The first-order chi connectivity index (χ1) is 11.5. The number of hydrogen-bond donors (Lipinski definition) is 0. The highest BCUT2D eigenvalue weighted by molar-refractivity contribution is 7.87. The molecule has 8 nitrogen and oxygen atoms in total. The van der Waals surface area contributed by atoms with E-state index in [0.29, 0.717) is 31.1 Å². The molecule has 0 atom stereocenters. The van der Waals surface area contributed by atoms with Crippen molar-refractivity contribution in [3.05, 3.63) is 52.6 Å². The van der Waals surface area contributed by atoms with Gasteiger partial charge in [0.15, 0.2) is 11.5 Å². The number of hydrogen-bond acceptors (Lipinski definition) is 7. The smallest absolute Gasteiger partial charge is 0.339 e. The zero-order chi connectivity index (χ0) is 17.2. The number of nitrogens with zero attached hydrogens (tertiary/aromatic N) is 1. The first kappa shape index (κ1) is 16.1. The molecule has 2 aromatic rings. The molecule has 0 radical (unpaired) electrons. The molecule has 0 aromatic heterocycles. The topological polar surface area (TPSA) is 105 Å². The van der Waals surface area contributed by atoms with Crippen LogP contribution in [0.5, 0.6) is 17.2 Å². The molecule has 1 aliphatic rings. The third-order valence-electron chi connectivity index (χ3n) is 3.26. The Morgan fingerprint density at radius 1 is 1.00 bits per heavy atom. The van der Waals surface area contributed by atoms with E-state index in [4.69, 9.17) is 13.7 Å². The molecule has 3 rings (SSSR count). The van der Waals surface area contributed by atoms with Gasteiger partial charge in [-0.1, -0.05) is 0 Å². The number of nitro benzene ring substituents is 1. The molecule has 0 saturated carbocycles. The van der Waals surface area contributed by atoms with Gasteiger partial charge in [0, 0.05) is 24.6 Å². The quantitative estimate of drug-likeness (QED) is 0.473. The van der Waals surface area contributed by atoms with Crippen molar-refractivity contribution in [1.29, 1.82) is 0 Å². The molecular formula is C15H13NO7S. The van der Waals surface area contributed by atoms with Crippen LogP contribution >= 0.6 is 0 Å². The first-order valence-corrected chi connectivity index (χ1v) is 8.45. The molecule has 0 aliphatic carbocycles. The maximum atomic E-state index is 12.3. The fourth-order valence-electron chi connectivity index (χ4n) is 2.10. The van der Waals surface area contributed by atoms with Gasteiger partial charge in [0.1, 0.15) is 10.6 Å². The molecule has 0 spiro atoms. The SMILES string of the molecule is O=[N+]([O-])c1ccc(OS(=O)(=O)c2ccc3c(c2)OCCCO3)cc1. The average Bonchev–Trinajstić information content (AvgIpc) is 2.79. The van der Waals surface area contributed by atoms with E-state index < -0.39 is 15.0 Å². The van der Waals surface area contributed by atoms with Crippen LogP contribution in [0.2, 0.25) is 0 Å². The summed E-state index contributed by atoms with van der Waals surface area (Å²) in [6.07, 6.45) is 0.704. The predicted molar refractivity (Wildman–Crippen MR) is 83.0 cm³/mol. The Balaban J connectivity index is 1.85. The van der Waals surface area contributed by atoms with E-state index in [9.17, 15) is 18.5 Å². The highest BCUT2D eigenvalue weighted by atomic mass is 32.2. The van der Waals surface area contributed by atoms with Gasteiger partial charge in [-0.05, 0) is 24.3 Å². The molecule has 0 saturated heterocycles. The minimum Gasteiger partial charge on any atom is -0.490 e. The normalized spacial score (nSPS) is 13.8. The first-order valence-electron chi connectivity index (χ1n) is 7.04. The van der Waals surface area contributed by atoms with Crippen molar-refractivity contribution in [1.82, 2.24) is 0 Å². The van der Waals surface area contributed by atoms with Crippen molar-refractivity contribution in [3.63, 3.8) is 0 Å². The van der Waals surface area contributed by atoms with Gasteiger partial charge in [0.2, 0.25) is 0 Å². The molecule has 0 bridgehead atoms. The average molecular weight is 351 g/mol. The van der Waals surface area contributed by atoms with Crippen LogP contribution in [0.4, 0.5) is 5.69 Å². The van der Waals surface area contributed by atoms with Crippen molar-refractivity contribution in [2.24, 2.45) is 0 Å². The van der Waals surface area contributed by atoms with E-state index in [1.54, 1.807) is 0 Å². The monoisotopic (exact) mass is 351 g/mol. The van der Waals surface area contributed by atoms with Crippen LogP contribution in [0.3, 0.4) is 0 Å². The Bertz CT molecular complexity index is 862. The summed E-state index contributed by atoms with van der Waals surface area (Å²) in [5, 5.41) is 10.6. The minimum atomic E-state index is -4.10. The van der Waals surface area contributed by atoms with Crippen molar-refractivity contribution in [2.45, 2.75) is 11.3 Å². The molecule has 0 unspecified atom stereocenters. The zero-order valence-corrected chi connectivity index (χ0v) is 13.2. The van der Waals surface area contributed by atoms with Crippen molar-refractivity contribution >= 4 is 15.8 Å². The summed E-state index contributed by atoms with van der Waals surface area (Å²) < 4.78 is 40.6. The summed E-state index contributed by atoms with van der Waals surface area (Å²) >= 11 is 0. The van der Waals surface area contributed by atoms with E-state index in [2.05, 4.69) is 0 Å². The molecule has 1 aliphatic heterocycles. The molecule has 9 heteroatoms. The maximum absolute atomic E-state index is 12.3. The third-order valence-corrected chi connectivity index (χ3v) is 4.50. The molecule has 0 amide bonds. The lowest BCUT2D eigenvalue weighted by atomic mass is 10.3. The Labute approximate surface area is 137 Å². The maximum Gasteiger partial charge on any atom is 0.339 e. The van der Waals surface area contributed by atoms with Gasteiger partial charge in [-0.2, -0.15) is 8.42 Å². The van der Waals surface area contributed by atoms with E-state index in [0.717, 1.165) is 0 Å². The van der Waals surface area contributed by atoms with Crippen LogP contribution in [0.15, 0.2) is 47.4 Å². The fourth-order valence-corrected chi connectivity index (χ4v) is 3.04. The summed E-state index contributed by atoms with van der Waals surface area (Å²) in [5.74, 6) is 0.787. The van der Waals surface area contributed by atoms with E-state index >= 15 is 0 Å². The summed E-state index contributed by atoms with van der Waals surface area (Å²) in [5.41, 5.74) is -0.157. The van der Waals surface area contributed by atoms with E-state index in [1.807, 2.05) is 0 Å². The molecule has 0 fully saturated rings. The number of non-ortho nitro benzene ring substituents is 1. The molecule has 24 heavy (non-hydrogen) atoms. The molecular weight excluding hydrogens is 338 g/mol. The van der Waals surface area contributed by atoms with Gasteiger partial charge in [-0.15, -0.1) is 0 Å². The standard InChI is InChI=1S/C15H13NO7S/c17-16(18)11-2-4-12(5-3-11)23-24(19,20)13-6-7-14-15(10-13)22-9-1-8-21-14/h2-7,10H,1,8-9H2. The van der Waals surface area contributed by atoms with Gasteiger partial charge in [0.05, 0.1) is 18.1 Å². The van der Waals surface area contributed by atoms with E-state index in [-0.39, 0.29) is 16.3 Å². The lowest BCUT2D eigenvalue weighted by molar-refractivity contribution is -0.384. The summed E-state index contributed by atoms with van der Waals surface area (Å²) in [6.45, 7) is 0.929. The zero-order valence-electron chi connectivity index (χ0n) is 12.4. The fraction of sp³-hybridized carbons (Fsp3) is 0.200. The molecule has 2 aromatic carbocycles. The van der Waals surface area contributed by atoms with Gasteiger partial charge in [-0.25, -0.2) is 0 Å². The second kappa shape index (κ2) is 6.36. The highest BCUT2D eigenvalue weighted by Crippen LogP contribution is 2.32. The number of benzene rings is 2. The van der Waals surface area contributed by atoms with Crippen LogP contribution in [0, 0.1) is 10.1 Å². The van der Waals surface area contributed by atoms with E-state index in [1.165, 1.54) is 42.5 Å². The summed E-state index contributed by atoms with van der Waals surface area (Å²) in [4.78, 5) is 9.93. The van der Waals surface area contributed by atoms with Crippen molar-refractivity contribution < 1.29 is 27.0 Å². The predicted octanol–water partition coefficient (Wildman–Crippen LogP) is 2.52. The van der Waals surface area contributed by atoms with Gasteiger partial charge < -0.3 is 13.7 Å². The van der Waals surface area contributed by atoms with Crippen LogP contribution < -0.4 is 13.7 Å². The van der Waals surface area contributed by atoms with Gasteiger partial charge in [-0.3, -0.25) is 10.1 Å². The van der Waals surface area contributed by atoms with Gasteiger partial charge >= 0.3 is 10.1 Å². The number of ether oxygens (including phenoxy) is 2. The Hall–Kier alpha value is -2.81. The van der Waals surface area contributed by atoms with Crippen LogP contribution in [0.25, 0.3) is 0 Å². The number of nitro groups is 1. The lowest BCUT2D eigenvalue weighted by Crippen LogP contribution is -2.10. The molecule has 126 valence electrons. The van der Waals surface area contributed by atoms with Crippen molar-refractivity contribution in [2.75, 3.05) is 13.2 Å². The minimum absolute atomic E-state index is 0.0206. The van der Waals surface area contributed by atoms with Crippen molar-refractivity contribution in [3.8, 4) is 17.2 Å². The third kappa shape index (κ3) is 3.40. The highest BCUT2D eigenvalue weighted by Gasteiger charge is 2.21. The Kier molecular flexibility index (Phi) is 4.26. The van der Waals surface area contributed by atoms with Gasteiger partial charge in [0.25, 0.3) is 5.69 Å². The van der Waals surface area contributed by atoms with Crippen LogP contribution in [-0.4, -0.2) is 26.6 Å². The Morgan fingerprint density at radius 3 is 2.33 bits per heavy atom. The second-order valence-electron chi connectivity index (χ2n) is 4.95. The summed E-state index contributed by atoms with van der Waals surface area (Å²) in [6, 6.07) is 8.97. The summed E-state index contributed by atoms with van der Waals surface area (Å²) in [7, 11) is -4.10. The van der Waals surface area contributed by atoms with Crippen LogP contribution in [0.1, 0.15) is 6.42 Å². The number of fused-ring (bicyclic) bond motifs is 1. The second-order valence-corrected chi connectivity index (χ2v) is 6.49. The molecule has 1 heterocycles. The lowest BCUT2D eigenvalue weighted by Gasteiger charge is -2.10. The largest absolute Gasteiger partial charge is 0.490 e.